The SMILES string of the molecule is CCC(Cc1cccc(OC(F)(F)F)c1F)C(=O)O. The Balaban J connectivity index is 2.97. The standard InChI is InChI=1S/C12H12F4O3/c1-2-7(11(17)18)6-8-4-3-5-9(10(8)13)19-12(14,15)16/h3-5,7H,2,6H2,1H3,(H,17,18). The van der Waals surface area contributed by atoms with Crippen LogP contribution in [0.1, 0.15) is 18.9 Å². The fraction of sp³-hybridized carbons (Fsp3) is 0.417. The number of hydrogen-bond donors (Lipinski definition) is 1. The number of alkyl halides is 3. The molecule has 1 atom stereocenters. The van der Waals surface area contributed by atoms with Gasteiger partial charge in [-0.25, -0.2) is 4.39 Å². The molecule has 0 aromatic heterocycles. The molecule has 1 aromatic carbocycles. The van der Waals surface area contributed by atoms with E-state index in [1.165, 1.54) is 12.1 Å². The van der Waals surface area contributed by atoms with Gasteiger partial charge in [0.2, 0.25) is 0 Å². The lowest BCUT2D eigenvalue weighted by atomic mass is 9.96. The second-order valence-corrected chi connectivity index (χ2v) is 3.92. The van der Waals surface area contributed by atoms with Crippen LogP contribution in [0.15, 0.2) is 18.2 Å². The Labute approximate surface area is 106 Å². The van der Waals surface area contributed by atoms with Crippen molar-refractivity contribution in [1.29, 1.82) is 0 Å². The predicted molar refractivity (Wildman–Crippen MR) is 58.2 cm³/mol. The molecule has 0 aliphatic carbocycles. The first-order valence-corrected chi connectivity index (χ1v) is 5.50. The molecule has 19 heavy (non-hydrogen) atoms. The molecular weight excluding hydrogens is 268 g/mol. The summed E-state index contributed by atoms with van der Waals surface area (Å²) in [5.74, 6) is -4.11. The lowest BCUT2D eigenvalue weighted by Crippen LogP contribution is -2.19. The third-order valence-electron chi connectivity index (χ3n) is 2.58. The van der Waals surface area contributed by atoms with Gasteiger partial charge in [-0.15, -0.1) is 13.2 Å². The van der Waals surface area contributed by atoms with Gasteiger partial charge in [-0.1, -0.05) is 19.1 Å². The summed E-state index contributed by atoms with van der Waals surface area (Å²) in [6.45, 7) is 1.60. The quantitative estimate of drug-likeness (QED) is 0.841. The van der Waals surface area contributed by atoms with E-state index >= 15 is 0 Å². The Morgan fingerprint density at radius 3 is 2.53 bits per heavy atom. The normalized spacial score (nSPS) is 13.1. The van der Waals surface area contributed by atoms with Crippen molar-refractivity contribution in [2.24, 2.45) is 5.92 Å². The molecule has 0 radical (unpaired) electrons. The Bertz CT molecular complexity index is 457. The monoisotopic (exact) mass is 280 g/mol. The van der Waals surface area contributed by atoms with Crippen LogP contribution >= 0.6 is 0 Å². The van der Waals surface area contributed by atoms with Crippen molar-refractivity contribution in [3.05, 3.63) is 29.6 Å². The highest BCUT2D eigenvalue weighted by molar-refractivity contribution is 5.70. The number of rotatable bonds is 5. The lowest BCUT2D eigenvalue weighted by molar-refractivity contribution is -0.275. The molecule has 0 saturated heterocycles. The Hall–Kier alpha value is -1.79. The number of ether oxygens (including phenoxy) is 1. The molecule has 0 aliphatic rings. The minimum atomic E-state index is -4.99. The van der Waals surface area contributed by atoms with Gasteiger partial charge in [-0.3, -0.25) is 4.79 Å². The van der Waals surface area contributed by atoms with Crippen LogP contribution < -0.4 is 4.74 Å². The van der Waals surface area contributed by atoms with Gasteiger partial charge in [0.15, 0.2) is 11.6 Å². The summed E-state index contributed by atoms with van der Waals surface area (Å²) in [6, 6.07) is 3.27. The van der Waals surface area contributed by atoms with Crippen LogP contribution in [0.5, 0.6) is 5.75 Å². The van der Waals surface area contributed by atoms with Crippen LogP contribution in [-0.4, -0.2) is 17.4 Å². The molecule has 1 rings (SSSR count). The van der Waals surface area contributed by atoms with Crippen LogP contribution in [0.4, 0.5) is 17.6 Å². The van der Waals surface area contributed by atoms with Gasteiger partial charge in [0, 0.05) is 0 Å². The fourth-order valence-electron chi connectivity index (χ4n) is 1.59. The van der Waals surface area contributed by atoms with E-state index in [9.17, 15) is 22.4 Å². The second-order valence-electron chi connectivity index (χ2n) is 3.92. The Kier molecular flexibility index (Phi) is 4.74. The molecule has 0 aliphatic heterocycles. The van der Waals surface area contributed by atoms with Crippen molar-refractivity contribution in [2.75, 3.05) is 0 Å². The third kappa shape index (κ3) is 4.42. The van der Waals surface area contributed by atoms with Gasteiger partial charge in [0.1, 0.15) is 0 Å². The number of carboxylic acid groups (broad SMARTS) is 1. The predicted octanol–water partition coefficient (Wildman–Crippen LogP) is 3.38. The number of carboxylic acids is 1. The molecule has 0 saturated carbocycles. The number of halogens is 4. The van der Waals surface area contributed by atoms with Gasteiger partial charge in [0.25, 0.3) is 0 Å². The summed E-state index contributed by atoms with van der Waals surface area (Å²) < 4.78 is 53.4. The molecule has 106 valence electrons. The molecule has 0 bridgehead atoms. The Morgan fingerprint density at radius 1 is 1.42 bits per heavy atom. The average molecular weight is 280 g/mol. The first-order chi connectivity index (χ1) is 8.74. The minimum absolute atomic E-state index is 0.115. The largest absolute Gasteiger partial charge is 0.573 e. The van der Waals surface area contributed by atoms with Crippen LogP contribution in [-0.2, 0) is 11.2 Å². The van der Waals surface area contributed by atoms with Crippen molar-refractivity contribution in [3.63, 3.8) is 0 Å². The van der Waals surface area contributed by atoms with Crippen molar-refractivity contribution in [2.45, 2.75) is 26.1 Å². The summed E-state index contributed by atoms with van der Waals surface area (Å²) in [7, 11) is 0. The average Bonchev–Trinajstić information content (AvgIpc) is 2.28. The summed E-state index contributed by atoms with van der Waals surface area (Å²) in [6.07, 6.45) is -4.93. The molecule has 1 N–H and O–H groups in total. The zero-order valence-electron chi connectivity index (χ0n) is 10.00. The molecular formula is C12H12F4O3. The molecule has 0 fully saturated rings. The van der Waals surface area contributed by atoms with E-state index < -0.39 is 29.8 Å². The molecule has 0 heterocycles. The van der Waals surface area contributed by atoms with Crippen molar-refractivity contribution in [3.8, 4) is 5.75 Å². The molecule has 7 heteroatoms. The minimum Gasteiger partial charge on any atom is -0.481 e. The second kappa shape index (κ2) is 5.90. The number of hydrogen-bond acceptors (Lipinski definition) is 2. The van der Waals surface area contributed by atoms with Crippen LogP contribution in [0.3, 0.4) is 0 Å². The number of carbonyl (C=O) groups is 1. The van der Waals surface area contributed by atoms with E-state index in [4.69, 9.17) is 5.11 Å². The van der Waals surface area contributed by atoms with Gasteiger partial charge in [-0.2, -0.15) is 0 Å². The molecule has 0 spiro atoms. The van der Waals surface area contributed by atoms with Gasteiger partial charge >= 0.3 is 12.3 Å². The first-order valence-electron chi connectivity index (χ1n) is 5.50. The third-order valence-corrected chi connectivity index (χ3v) is 2.58. The summed E-state index contributed by atoms with van der Waals surface area (Å²) >= 11 is 0. The van der Waals surface area contributed by atoms with E-state index in [0.29, 0.717) is 0 Å². The summed E-state index contributed by atoms with van der Waals surface area (Å²) in [5.41, 5.74) is -0.115. The van der Waals surface area contributed by atoms with Gasteiger partial charge < -0.3 is 9.84 Å². The van der Waals surface area contributed by atoms with E-state index in [-0.39, 0.29) is 18.4 Å². The highest BCUT2D eigenvalue weighted by Gasteiger charge is 2.33. The van der Waals surface area contributed by atoms with E-state index in [1.54, 1.807) is 6.92 Å². The number of benzene rings is 1. The fourth-order valence-corrected chi connectivity index (χ4v) is 1.59. The van der Waals surface area contributed by atoms with E-state index in [1.807, 2.05) is 0 Å². The highest BCUT2D eigenvalue weighted by Crippen LogP contribution is 2.28. The van der Waals surface area contributed by atoms with E-state index in [0.717, 1.165) is 6.07 Å². The van der Waals surface area contributed by atoms with Gasteiger partial charge in [0.05, 0.1) is 5.92 Å². The van der Waals surface area contributed by atoms with Gasteiger partial charge in [-0.05, 0) is 24.5 Å². The topological polar surface area (TPSA) is 46.5 Å². The summed E-state index contributed by atoms with van der Waals surface area (Å²) in [4.78, 5) is 10.8. The lowest BCUT2D eigenvalue weighted by Gasteiger charge is -2.14. The maximum Gasteiger partial charge on any atom is 0.573 e. The van der Waals surface area contributed by atoms with E-state index in [2.05, 4.69) is 4.74 Å². The van der Waals surface area contributed by atoms with Crippen LogP contribution in [0.25, 0.3) is 0 Å². The Morgan fingerprint density at radius 2 is 2.05 bits per heavy atom. The maximum absolute atomic E-state index is 13.7. The smallest absolute Gasteiger partial charge is 0.481 e. The number of aliphatic carboxylic acids is 1. The maximum atomic E-state index is 13.7. The van der Waals surface area contributed by atoms with Crippen molar-refractivity contribution >= 4 is 5.97 Å². The van der Waals surface area contributed by atoms with Crippen molar-refractivity contribution < 1.29 is 32.2 Å². The first kappa shape index (κ1) is 15.3. The zero-order chi connectivity index (χ0) is 14.6. The molecule has 0 amide bonds. The van der Waals surface area contributed by atoms with Crippen LogP contribution in [0, 0.1) is 11.7 Å². The molecule has 3 nitrogen and oxygen atoms in total. The summed E-state index contributed by atoms with van der Waals surface area (Å²) in [5, 5.41) is 8.85. The zero-order valence-corrected chi connectivity index (χ0v) is 10.00. The molecule has 1 aromatic rings. The van der Waals surface area contributed by atoms with Crippen molar-refractivity contribution in [1.82, 2.24) is 0 Å². The molecule has 1 unspecified atom stereocenters. The van der Waals surface area contributed by atoms with Crippen LogP contribution in [0.2, 0.25) is 0 Å². The highest BCUT2D eigenvalue weighted by atomic mass is 19.4.